The lowest BCUT2D eigenvalue weighted by Crippen LogP contribution is -2.37. The van der Waals surface area contributed by atoms with Crippen LogP contribution in [0.3, 0.4) is 0 Å². The summed E-state index contributed by atoms with van der Waals surface area (Å²) in [5.41, 5.74) is 2.74. The summed E-state index contributed by atoms with van der Waals surface area (Å²) in [6.45, 7) is 2.82. The SMILES string of the molecule is Fc1ccc([C@H]2CN(Cc3cc(-c4ccc(Cl)cc4)no3)CCO2)cc1. The van der Waals surface area contributed by atoms with E-state index in [4.69, 9.17) is 20.9 Å². The number of aromatic nitrogens is 1. The molecule has 1 aliphatic rings. The highest BCUT2D eigenvalue weighted by molar-refractivity contribution is 6.30. The maximum absolute atomic E-state index is 13.1. The number of benzene rings is 2. The monoisotopic (exact) mass is 372 g/mol. The fourth-order valence-corrected chi connectivity index (χ4v) is 3.22. The van der Waals surface area contributed by atoms with Gasteiger partial charge in [0.15, 0.2) is 5.76 Å². The molecule has 1 fully saturated rings. The van der Waals surface area contributed by atoms with E-state index in [9.17, 15) is 4.39 Å². The average molecular weight is 373 g/mol. The number of rotatable bonds is 4. The molecule has 0 saturated carbocycles. The highest BCUT2D eigenvalue weighted by atomic mass is 35.5. The van der Waals surface area contributed by atoms with Gasteiger partial charge < -0.3 is 9.26 Å². The second-order valence-electron chi connectivity index (χ2n) is 6.33. The molecular weight excluding hydrogens is 355 g/mol. The predicted molar refractivity (Wildman–Crippen MR) is 97.3 cm³/mol. The zero-order chi connectivity index (χ0) is 17.9. The fourth-order valence-electron chi connectivity index (χ4n) is 3.09. The molecule has 3 aromatic rings. The van der Waals surface area contributed by atoms with Crippen LogP contribution in [0.1, 0.15) is 17.4 Å². The Hall–Kier alpha value is -2.21. The maximum Gasteiger partial charge on any atom is 0.151 e. The van der Waals surface area contributed by atoms with E-state index >= 15 is 0 Å². The lowest BCUT2D eigenvalue weighted by Gasteiger charge is -2.32. The van der Waals surface area contributed by atoms with Crippen LogP contribution in [-0.2, 0) is 11.3 Å². The van der Waals surface area contributed by atoms with E-state index in [-0.39, 0.29) is 11.9 Å². The summed E-state index contributed by atoms with van der Waals surface area (Å²) in [5, 5.41) is 4.84. The Kier molecular flexibility index (Phi) is 5.02. The van der Waals surface area contributed by atoms with Gasteiger partial charge in [-0.15, -0.1) is 0 Å². The quantitative estimate of drug-likeness (QED) is 0.665. The van der Waals surface area contributed by atoms with Gasteiger partial charge in [0.2, 0.25) is 0 Å². The fraction of sp³-hybridized carbons (Fsp3) is 0.250. The highest BCUT2D eigenvalue weighted by Crippen LogP contribution is 2.25. The molecule has 1 aromatic heterocycles. The first-order valence-corrected chi connectivity index (χ1v) is 8.86. The molecule has 1 saturated heterocycles. The maximum atomic E-state index is 13.1. The number of ether oxygens (including phenoxy) is 1. The number of nitrogens with zero attached hydrogens (tertiary/aromatic N) is 2. The minimum Gasteiger partial charge on any atom is -0.371 e. The zero-order valence-electron chi connectivity index (χ0n) is 14.1. The molecule has 26 heavy (non-hydrogen) atoms. The van der Waals surface area contributed by atoms with Gasteiger partial charge in [-0.3, -0.25) is 4.90 Å². The van der Waals surface area contributed by atoms with Crippen molar-refractivity contribution in [2.24, 2.45) is 0 Å². The van der Waals surface area contributed by atoms with Crippen molar-refractivity contribution in [3.63, 3.8) is 0 Å². The minimum atomic E-state index is -0.238. The molecule has 0 aliphatic carbocycles. The number of hydrogen-bond acceptors (Lipinski definition) is 4. The van der Waals surface area contributed by atoms with Crippen LogP contribution in [-0.4, -0.2) is 29.8 Å². The van der Waals surface area contributed by atoms with Crippen LogP contribution in [0.5, 0.6) is 0 Å². The first-order chi connectivity index (χ1) is 12.7. The van der Waals surface area contributed by atoms with Gasteiger partial charge in [0.25, 0.3) is 0 Å². The first-order valence-electron chi connectivity index (χ1n) is 8.48. The van der Waals surface area contributed by atoms with E-state index in [1.54, 1.807) is 12.1 Å². The summed E-state index contributed by atoms with van der Waals surface area (Å²) in [4.78, 5) is 2.25. The van der Waals surface area contributed by atoms with Crippen molar-refractivity contribution in [1.82, 2.24) is 10.1 Å². The van der Waals surface area contributed by atoms with Crippen molar-refractivity contribution < 1.29 is 13.7 Å². The van der Waals surface area contributed by atoms with Gasteiger partial charge in [-0.05, 0) is 29.8 Å². The molecular formula is C20H18ClFN2O2. The zero-order valence-corrected chi connectivity index (χ0v) is 14.8. The summed E-state index contributed by atoms with van der Waals surface area (Å²) in [5.74, 6) is 0.563. The summed E-state index contributed by atoms with van der Waals surface area (Å²) in [7, 11) is 0. The first kappa shape index (κ1) is 17.2. The van der Waals surface area contributed by atoms with Crippen LogP contribution in [0.25, 0.3) is 11.3 Å². The van der Waals surface area contributed by atoms with Crippen molar-refractivity contribution in [3.05, 3.63) is 76.8 Å². The third-order valence-corrected chi connectivity index (χ3v) is 4.72. The highest BCUT2D eigenvalue weighted by Gasteiger charge is 2.23. The molecule has 2 heterocycles. The Balaban J connectivity index is 1.42. The Morgan fingerprint density at radius 1 is 1.12 bits per heavy atom. The molecule has 0 amide bonds. The van der Waals surface area contributed by atoms with Crippen LogP contribution in [0.4, 0.5) is 4.39 Å². The van der Waals surface area contributed by atoms with Crippen molar-refractivity contribution in [1.29, 1.82) is 0 Å². The molecule has 0 N–H and O–H groups in total. The second-order valence-corrected chi connectivity index (χ2v) is 6.77. The van der Waals surface area contributed by atoms with E-state index in [0.29, 0.717) is 18.2 Å². The Morgan fingerprint density at radius 3 is 2.65 bits per heavy atom. The van der Waals surface area contributed by atoms with Crippen LogP contribution in [0.2, 0.25) is 5.02 Å². The van der Waals surface area contributed by atoms with Gasteiger partial charge in [-0.2, -0.15) is 0 Å². The summed E-state index contributed by atoms with van der Waals surface area (Å²) in [6.07, 6.45) is -0.0667. The lowest BCUT2D eigenvalue weighted by molar-refractivity contribution is -0.0351. The molecule has 0 unspecified atom stereocenters. The summed E-state index contributed by atoms with van der Waals surface area (Å²) < 4.78 is 24.4. The second kappa shape index (κ2) is 7.58. The Bertz CT molecular complexity index is 864. The number of halogens is 2. The van der Waals surface area contributed by atoms with Gasteiger partial charge in [0.1, 0.15) is 11.5 Å². The van der Waals surface area contributed by atoms with E-state index in [0.717, 1.165) is 35.7 Å². The van der Waals surface area contributed by atoms with E-state index in [1.165, 1.54) is 12.1 Å². The van der Waals surface area contributed by atoms with Crippen molar-refractivity contribution in [3.8, 4) is 11.3 Å². The summed E-state index contributed by atoms with van der Waals surface area (Å²) in [6, 6.07) is 15.9. The van der Waals surface area contributed by atoms with Gasteiger partial charge in [0.05, 0.1) is 19.3 Å². The van der Waals surface area contributed by atoms with E-state index < -0.39 is 0 Å². The number of hydrogen-bond donors (Lipinski definition) is 0. The molecule has 4 nitrogen and oxygen atoms in total. The minimum absolute atomic E-state index is 0.0667. The van der Waals surface area contributed by atoms with Crippen LogP contribution >= 0.6 is 11.6 Å². The normalized spacial score (nSPS) is 18.2. The van der Waals surface area contributed by atoms with Crippen molar-refractivity contribution >= 4 is 11.6 Å². The molecule has 0 spiro atoms. The summed E-state index contributed by atoms with van der Waals surface area (Å²) >= 11 is 5.92. The third kappa shape index (κ3) is 3.96. The topological polar surface area (TPSA) is 38.5 Å². The average Bonchev–Trinajstić information content (AvgIpc) is 3.11. The predicted octanol–water partition coefficient (Wildman–Crippen LogP) is 4.71. The molecule has 0 bridgehead atoms. The van der Waals surface area contributed by atoms with Gasteiger partial charge >= 0.3 is 0 Å². The molecule has 2 aromatic carbocycles. The molecule has 1 aliphatic heterocycles. The van der Waals surface area contributed by atoms with Crippen LogP contribution in [0, 0.1) is 5.82 Å². The van der Waals surface area contributed by atoms with Crippen LogP contribution < -0.4 is 0 Å². The van der Waals surface area contributed by atoms with Crippen molar-refractivity contribution in [2.75, 3.05) is 19.7 Å². The largest absolute Gasteiger partial charge is 0.371 e. The van der Waals surface area contributed by atoms with E-state index in [1.807, 2.05) is 30.3 Å². The molecule has 0 radical (unpaired) electrons. The standard InChI is InChI=1S/C20H18ClFN2O2/c21-16-5-1-14(2-6-16)19-11-18(26-23-19)12-24-9-10-25-20(13-24)15-3-7-17(22)8-4-15/h1-8,11,20H,9-10,12-13H2/t20-/m1/s1. The molecule has 134 valence electrons. The molecule has 6 heteroatoms. The Morgan fingerprint density at radius 2 is 1.88 bits per heavy atom. The lowest BCUT2D eigenvalue weighted by atomic mass is 10.1. The van der Waals surface area contributed by atoms with E-state index in [2.05, 4.69) is 10.1 Å². The molecule has 4 rings (SSSR count). The third-order valence-electron chi connectivity index (χ3n) is 4.47. The van der Waals surface area contributed by atoms with Gasteiger partial charge in [-0.25, -0.2) is 4.39 Å². The van der Waals surface area contributed by atoms with Crippen LogP contribution in [0.15, 0.2) is 59.1 Å². The number of morpholine rings is 1. The van der Waals surface area contributed by atoms with Gasteiger partial charge in [0, 0.05) is 29.7 Å². The van der Waals surface area contributed by atoms with Gasteiger partial charge in [-0.1, -0.05) is 41.0 Å². The van der Waals surface area contributed by atoms with Crippen molar-refractivity contribution in [2.45, 2.75) is 12.6 Å². The molecule has 1 atom stereocenters. The smallest absolute Gasteiger partial charge is 0.151 e. The Labute approximate surface area is 156 Å².